The molecule has 1 heterocycles. The third-order valence-electron chi connectivity index (χ3n) is 3.64. The van der Waals surface area contributed by atoms with E-state index in [9.17, 15) is 0 Å². The fourth-order valence-electron chi connectivity index (χ4n) is 2.57. The average Bonchev–Trinajstić information content (AvgIpc) is 2.75. The Morgan fingerprint density at radius 1 is 1.26 bits per heavy atom. The molecule has 2 aromatic rings. The Balaban J connectivity index is 2.72. The highest BCUT2D eigenvalue weighted by Crippen LogP contribution is 2.35. The molecule has 0 unspecified atom stereocenters. The van der Waals surface area contributed by atoms with Gasteiger partial charge in [0.15, 0.2) is 0 Å². The monoisotopic (exact) mass is 259 g/mol. The van der Waals surface area contributed by atoms with Gasteiger partial charge in [-0.1, -0.05) is 0 Å². The van der Waals surface area contributed by atoms with Crippen molar-refractivity contribution in [1.82, 2.24) is 9.78 Å². The van der Waals surface area contributed by atoms with E-state index in [1.807, 2.05) is 17.9 Å². The van der Waals surface area contributed by atoms with Crippen LogP contribution in [0.5, 0.6) is 5.75 Å². The summed E-state index contributed by atoms with van der Waals surface area (Å²) in [5.41, 5.74) is 12.6. The van der Waals surface area contributed by atoms with E-state index in [4.69, 9.17) is 10.5 Å². The molecular weight excluding hydrogens is 238 g/mol. The molecule has 0 fully saturated rings. The molecule has 2 N–H and O–H groups in total. The first-order valence-electron chi connectivity index (χ1n) is 6.37. The van der Waals surface area contributed by atoms with Gasteiger partial charge >= 0.3 is 0 Å². The van der Waals surface area contributed by atoms with Crippen molar-refractivity contribution in [2.24, 2.45) is 12.8 Å². The van der Waals surface area contributed by atoms with Crippen LogP contribution in [0.1, 0.15) is 22.4 Å². The maximum absolute atomic E-state index is 5.80. The van der Waals surface area contributed by atoms with E-state index in [-0.39, 0.29) is 0 Å². The minimum atomic E-state index is 0.445. The van der Waals surface area contributed by atoms with Crippen LogP contribution < -0.4 is 10.5 Å². The van der Waals surface area contributed by atoms with Crippen LogP contribution in [0.15, 0.2) is 12.3 Å². The van der Waals surface area contributed by atoms with Crippen LogP contribution in [0.25, 0.3) is 11.1 Å². The Morgan fingerprint density at radius 2 is 1.95 bits per heavy atom. The van der Waals surface area contributed by atoms with Crippen molar-refractivity contribution in [3.8, 4) is 16.9 Å². The van der Waals surface area contributed by atoms with E-state index in [1.54, 1.807) is 7.11 Å². The second-order valence-electron chi connectivity index (χ2n) is 4.89. The zero-order chi connectivity index (χ0) is 14.2. The van der Waals surface area contributed by atoms with Crippen molar-refractivity contribution >= 4 is 0 Å². The molecular formula is C15H21N3O. The minimum Gasteiger partial charge on any atom is -0.496 e. The molecule has 0 amide bonds. The number of ether oxygens (including phenoxy) is 1. The SMILES string of the molecule is COc1cc(C)c(-c2cn(C)nc2CN)c(C)c1C. The molecule has 4 nitrogen and oxygen atoms in total. The van der Waals surface area contributed by atoms with E-state index >= 15 is 0 Å². The number of aryl methyl sites for hydroxylation is 2. The van der Waals surface area contributed by atoms with Gasteiger partial charge in [-0.25, -0.2) is 0 Å². The van der Waals surface area contributed by atoms with Crippen molar-refractivity contribution in [2.45, 2.75) is 27.3 Å². The Bertz CT molecular complexity index is 614. The highest BCUT2D eigenvalue weighted by atomic mass is 16.5. The van der Waals surface area contributed by atoms with Crippen LogP contribution >= 0.6 is 0 Å². The molecule has 4 heteroatoms. The highest BCUT2D eigenvalue weighted by molar-refractivity contribution is 5.75. The normalized spacial score (nSPS) is 10.8. The molecule has 19 heavy (non-hydrogen) atoms. The van der Waals surface area contributed by atoms with Gasteiger partial charge in [-0.2, -0.15) is 5.10 Å². The number of nitrogens with two attached hydrogens (primary N) is 1. The highest BCUT2D eigenvalue weighted by Gasteiger charge is 2.16. The molecule has 0 saturated carbocycles. The van der Waals surface area contributed by atoms with Crippen LogP contribution in [0, 0.1) is 20.8 Å². The van der Waals surface area contributed by atoms with Gasteiger partial charge in [0, 0.05) is 25.4 Å². The summed E-state index contributed by atoms with van der Waals surface area (Å²) in [7, 11) is 3.62. The van der Waals surface area contributed by atoms with Crippen molar-refractivity contribution in [3.63, 3.8) is 0 Å². The number of hydrogen-bond acceptors (Lipinski definition) is 3. The third-order valence-corrected chi connectivity index (χ3v) is 3.64. The largest absolute Gasteiger partial charge is 0.496 e. The number of methoxy groups -OCH3 is 1. The number of nitrogens with zero attached hydrogens (tertiary/aromatic N) is 2. The Morgan fingerprint density at radius 3 is 2.53 bits per heavy atom. The summed E-state index contributed by atoms with van der Waals surface area (Å²) in [6.07, 6.45) is 2.03. The average molecular weight is 259 g/mol. The summed E-state index contributed by atoms with van der Waals surface area (Å²) >= 11 is 0. The Hall–Kier alpha value is -1.81. The lowest BCUT2D eigenvalue weighted by atomic mass is 9.92. The lowest BCUT2D eigenvalue weighted by molar-refractivity contribution is 0.411. The lowest BCUT2D eigenvalue weighted by Crippen LogP contribution is -2.02. The number of benzene rings is 1. The van der Waals surface area contributed by atoms with E-state index < -0.39 is 0 Å². The summed E-state index contributed by atoms with van der Waals surface area (Å²) in [5.74, 6) is 0.928. The van der Waals surface area contributed by atoms with Crippen molar-refractivity contribution in [2.75, 3.05) is 7.11 Å². The first kappa shape index (κ1) is 13.6. The van der Waals surface area contributed by atoms with Crippen LogP contribution in [0.4, 0.5) is 0 Å². The van der Waals surface area contributed by atoms with Gasteiger partial charge in [0.05, 0.1) is 12.8 Å². The zero-order valence-electron chi connectivity index (χ0n) is 12.2. The van der Waals surface area contributed by atoms with Gasteiger partial charge in [0.1, 0.15) is 5.75 Å². The third kappa shape index (κ3) is 2.24. The topological polar surface area (TPSA) is 53.1 Å². The maximum Gasteiger partial charge on any atom is 0.122 e. The van der Waals surface area contributed by atoms with Crippen LogP contribution in [-0.2, 0) is 13.6 Å². The van der Waals surface area contributed by atoms with Gasteiger partial charge in [-0.3, -0.25) is 4.68 Å². The molecule has 0 aliphatic rings. The first-order valence-corrected chi connectivity index (χ1v) is 6.37. The molecule has 0 saturated heterocycles. The molecule has 1 aromatic heterocycles. The smallest absolute Gasteiger partial charge is 0.122 e. The van der Waals surface area contributed by atoms with Gasteiger partial charge < -0.3 is 10.5 Å². The second-order valence-corrected chi connectivity index (χ2v) is 4.89. The molecule has 1 aromatic carbocycles. The van der Waals surface area contributed by atoms with Gasteiger partial charge in [0.25, 0.3) is 0 Å². The summed E-state index contributed by atoms with van der Waals surface area (Å²) in [5, 5.41) is 4.42. The Labute approximate surface area is 114 Å². The number of hydrogen-bond donors (Lipinski definition) is 1. The molecule has 102 valence electrons. The maximum atomic E-state index is 5.80. The van der Waals surface area contributed by atoms with E-state index in [0.717, 1.165) is 22.6 Å². The van der Waals surface area contributed by atoms with Crippen LogP contribution in [0.2, 0.25) is 0 Å². The molecule has 0 spiro atoms. The predicted molar refractivity (Wildman–Crippen MR) is 77.3 cm³/mol. The van der Waals surface area contributed by atoms with E-state index in [1.165, 1.54) is 16.7 Å². The van der Waals surface area contributed by atoms with Crippen LogP contribution in [0.3, 0.4) is 0 Å². The zero-order valence-corrected chi connectivity index (χ0v) is 12.2. The quantitative estimate of drug-likeness (QED) is 0.921. The Kier molecular flexibility index (Phi) is 3.62. The van der Waals surface area contributed by atoms with Crippen molar-refractivity contribution < 1.29 is 4.74 Å². The van der Waals surface area contributed by atoms with E-state index in [2.05, 4.69) is 31.9 Å². The van der Waals surface area contributed by atoms with Crippen molar-refractivity contribution in [3.05, 3.63) is 34.6 Å². The fraction of sp³-hybridized carbons (Fsp3) is 0.400. The van der Waals surface area contributed by atoms with E-state index in [0.29, 0.717) is 6.54 Å². The fourth-order valence-corrected chi connectivity index (χ4v) is 2.57. The molecule has 0 aliphatic carbocycles. The molecule has 0 bridgehead atoms. The van der Waals surface area contributed by atoms with Gasteiger partial charge in [0.2, 0.25) is 0 Å². The number of rotatable bonds is 3. The number of aromatic nitrogens is 2. The molecule has 0 atom stereocenters. The summed E-state index contributed by atoms with van der Waals surface area (Å²) in [6, 6.07) is 2.07. The first-order chi connectivity index (χ1) is 8.99. The predicted octanol–water partition coefficient (Wildman–Crippen LogP) is 2.48. The van der Waals surface area contributed by atoms with Gasteiger partial charge in [-0.05, 0) is 49.1 Å². The summed E-state index contributed by atoms with van der Waals surface area (Å²) in [6.45, 7) is 6.74. The van der Waals surface area contributed by atoms with Crippen molar-refractivity contribution in [1.29, 1.82) is 0 Å². The van der Waals surface area contributed by atoms with Crippen LogP contribution in [-0.4, -0.2) is 16.9 Å². The van der Waals surface area contributed by atoms with Gasteiger partial charge in [-0.15, -0.1) is 0 Å². The minimum absolute atomic E-state index is 0.445. The lowest BCUT2D eigenvalue weighted by Gasteiger charge is -2.15. The molecule has 0 aliphatic heterocycles. The molecule has 2 rings (SSSR count). The molecule has 0 radical (unpaired) electrons. The standard InChI is InChI=1S/C15H21N3O/c1-9-6-14(19-5)10(2)11(3)15(9)12-8-18(4)17-13(12)7-16/h6,8H,7,16H2,1-5H3. The second kappa shape index (κ2) is 5.05. The summed E-state index contributed by atoms with van der Waals surface area (Å²) in [4.78, 5) is 0. The summed E-state index contributed by atoms with van der Waals surface area (Å²) < 4.78 is 7.23.